The van der Waals surface area contributed by atoms with E-state index in [1.54, 1.807) is 6.07 Å². The Bertz CT molecular complexity index is 1050. The number of anilines is 2. The Morgan fingerprint density at radius 3 is 2.53 bits per heavy atom. The number of hydrogen-bond donors (Lipinski definition) is 3. The van der Waals surface area contributed by atoms with Gasteiger partial charge in [0.15, 0.2) is 0 Å². The molecule has 0 saturated carbocycles. The van der Waals surface area contributed by atoms with E-state index in [9.17, 15) is 14.0 Å². The van der Waals surface area contributed by atoms with Gasteiger partial charge < -0.3 is 20.7 Å². The number of halogens is 1. The second kappa shape index (κ2) is 9.49. The lowest BCUT2D eigenvalue weighted by Gasteiger charge is -2.22. The van der Waals surface area contributed by atoms with Gasteiger partial charge in [-0.15, -0.1) is 11.3 Å². The SMILES string of the molecule is CC(=O)NCC(CNC(C)=O)Oc1cc(F)ccc1Nc1ncnc2scc(C)c12. The first-order valence-corrected chi connectivity index (χ1v) is 10.1. The van der Waals surface area contributed by atoms with Crippen molar-refractivity contribution in [2.75, 3.05) is 18.4 Å². The van der Waals surface area contributed by atoms with Gasteiger partial charge in [0.05, 0.1) is 24.2 Å². The van der Waals surface area contributed by atoms with Gasteiger partial charge in [-0.25, -0.2) is 14.4 Å². The summed E-state index contributed by atoms with van der Waals surface area (Å²) in [4.78, 5) is 32.0. The molecule has 8 nitrogen and oxygen atoms in total. The van der Waals surface area contributed by atoms with E-state index in [1.165, 1.54) is 43.6 Å². The Morgan fingerprint density at radius 1 is 1.17 bits per heavy atom. The largest absolute Gasteiger partial charge is 0.484 e. The first kappa shape index (κ1) is 21.4. The molecule has 1 aromatic carbocycles. The molecule has 0 fully saturated rings. The summed E-state index contributed by atoms with van der Waals surface area (Å²) in [5.74, 6) is -0.139. The van der Waals surface area contributed by atoms with Crippen molar-refractivity contribution in [3.05, 3.63) is 41.3 Å². The summed E-state index contributed by atoms with van der Waals surface area (Å²) in [5.41, 5.74) is 1.52. The topological polar surface area (TPSA) is 105 Å². The molecule has 0 unspecified atom stereocenters. The van der Waals surface area contributed by atoms with E-state index < -0.39 is 11.9 Å². The van der Waals surface area contributed by atoms with Crippen molar-refractivity contribution in [1.29, 1.82) is 0 Å². The molecule has 2 amide bonds. The van der Waals surface area contributed by atoms with Gasteiger partial charge in [-0.3, -0.25) is 9.59 Å². The molecule has 0 saturated heterocycles. The molecule has 158 valence electrons. The number of carbonyl (C=O) groups excluding carboxylic acids is 2. The van der Waals surface area contributed by atoms with Crippen molar-refractivity contribution in [3.63, 3.8) is 0 Å². The second-order valence-corrected chi connectivity index (χ2v) is 7.56. The van der Waals surface area contributed by atoms with E-state index in [0.717, 1.165) is 15.8 Å². The molecule has 2 heterocycles. The predicted octanol–water partition coefficient (Wildman–Crippen LogP) is 2.90. The van der Waals surface area contributed by atoms with Crippen LogP contribution in [-0.4, -0.2) is 41.0 Å². The Morgan fingerprint density at radius 2 is 1.87 bits per heavy atom. The van der Waals surface area contributed by atoms with Crippen LogP contribution in [0.25, 0.3) is 10.2 Å². The Kier molecular flexibility index (Phi) is 6.78. The van der Waals surface area contributed by atoms with Crippen LogP contribution in [0.4, 0.5) is 15.9 Å². The van der Waals surface area contributed by atoms with Crippen molar-refractivity contribution in [1.82, 2.24) is 20.6 Å². The van der Waals surface area contributed by atoms with Crippen LogP contribution in [0.1, 0.15) is 19.4 Å². The van der Waals surface area contributed by atoms with Crippen molar-refractivity contribution >= 4 is 44.9 Å². The first-order valence-electron chi connectivity index (χ1n) is 9.24. The van der Waals surface area contributed by atoms with Crippen molar-refractivity contribution in [2.45, 2.75) is 26.9 Å². The summed E-state index contributed by atoms with van der Waals surface area (Å²) >= 11 is 1.51. The highest BCUT2D eigenvalue weighted by atomic mass is 32.1. The van der Waals surface area contributed by atoms with E-state index >= 15 is 0 Å². The highest BCUT2D eigenvalue weighted by Crippen LogP contribution is 2.34. The van der Waals surface area contributed by atoms with Crippen LogP contribution in [0.15, 0.2) is 29.9 Å². The molecule has 0 spiro atoms. The van der Waals surface area contributed by atoms with Gasteiger partial charge in [0, 0.05) is 19.9 Å². The second-order valence-electron chi connectivity index (χ2n) is 6.70. The third-order valence-corrected chi connectivity index (χ3v) is 5.21. The number of nitrogens with zero attached hydrogens (tertiary/aromatic N) is 2. The highest BCUT2D eigenvalue weighted by Gasteiger charge is 2.17. The van der Waals surface area contributed by atoms with E-state index in [-0.39, 0.29) is 30.7 Å². The fourth-order valence-corrected chi connectivity index (χ4v) is 3.68. The first-order chi connectivity index (χ1) is 14.3. The summed E-state index contributed by atoms with van der Waals surface area (Å²) in [6.07, 6.45) is 0.856. The van der Waals surface area contributed by atoms with Crippen LogP contribution in [-0.2, 0) is 9.59 Å². The zero-order chi connectivity index (χ0) is 21.7. The molecule has 0 radical (unpaired) electrons. The lowest BCUT2D eigenvalue weighted by molar-refractivity contribution is -0.119. The molecule has 3 rings (SSSR count). The molecule has 30 heavy (non-hydrogen) atoms. The maximum atomic E-state index is 14.0. The molecular formula is C20H22FN5O3S. The number of aryl methyl sites for hydroxylation is 1. The number of thiophene rings is 1. The smallest absolute Gasteiger partial charge is 0.217 e. The normalized spacial score (nSPS) is 10.8. The summed E-state index contributed by atoms with van der Waals surface area (Å²) in [6, 6.07) is 4.11. The van der Waals surface area contributed by atoms with E-state index in [2.05, 4.69) is 25.9 Å². The molecule has 3 N–H and O–H groups in total. The van der Waals surface area contributed by atoms with Crippen molar-refractivity contribution in [2.24, 2.45) is 0 Å². The highest BCUT2D eigenvalue weighted by molar-refractivity contribution is 7.17. The minimum absolute atomic E-state index is 0.146. The standard InChI is InChI=1S/C20H22FN5O3S/c1-11-9-30-20-18(11)19(24-10-25-20)26-16-5-4-14(21)6-17(16)29-15(7-22-12(2)27)8-23-13(3)28/h4-6,9-10,15H,7-8H2,1-3H3,(H,22,27)(H,23,28)(H,24,25,26). The number of rotatable bonds is 8. The Hall–Kier alpha value is -3.27. The summed E-state index contributed by atoms with van der Waals surface area (Å²) in [7, 11) is 0. The number of benzene rings is 1. The van der Waals surface area contributed by atoms with Gasteiger partial charge >= 0.3 is 0 Å². The van der Waals surface area contributed by atoms with Crippen LogP contribution < -0.4 is 20.7 Å². The van der Waals surface area contributed by atoms with Gasteiger partial charge in [0.2, 0.25) is 11.8 Å². The van der Waals surface area contributed by atoms with Gasteiger partial charge in [0.25, 0.3) is 0 Å². The van der Waals surface area contributed by atoms with E-state index in [0.29, 0.717) is 11.5 Å². The molecule has 0 atom stereocenters. The maximum absolute atomic E-state index is 14.0. The van der Waals surface area contributed by atoms with Gasteiger partial charge in [-0.2, -0.15) is 0 Å². The minimum atomic E-state index is -0.603. The zero-order valence-electron chi connectivity index (χ0n) is 16.8. The maximum Gasteiger partial charge on any atom is 0.217 e. The van der Waals surface area contributed by atoms with Crippen LogP contribution in [0.5, 0.6) is 5.75 Å². The number of fused-ring (bicyclic) bond motifs is 1. The van der Waals surface area contributed by atoms with Crippen molar-refractivity contribution in [3.8, 4) is 5.75 Å². The van der Waals surface area contributed by atoms with Crippen LogP contribution in [0.2, 0.25) is 0 Å². The Labute approximate surface area is 176 Å². The number of nitrogens with one attached hydrogen (secondary N) is 3. The van der Waals surface area contributed by atoms with E-state index in [4.69, 9.17) is 4.74 Å². The Balaban J connectivity index is 1.88. The molecule has 10 heteroatoms. The summed E-state index contributed by atoms with van der Waals surface area (Å²) in [5, 5.41) is 11.4. The quantitative estimate of drug-likeness (QED) is 0.507. The summed E-state index contributed by atoms with van der Waals surface area (Å²) in [6.45, 7) is 5.02. The van der Waals surface area contributed by atoms with Gasteiger partial charge in [0.1, 0.15) is 34.6 Å². The minimum Gasteiger partial charge on any atom is -0.484 e. The summed E-state index contributed by atoms with van der Waals surface area (Å²) < 4.78 is 19.9. The molecule has 0 aliphatic heterocycles. The number of ether oxygens (including phenoxy) is 1. The van der Waals surface area contributed by atoms with Crippen LogP contribution in [0, 0.1) is 12.7 Å². The van der Waals surface area contributed by atoms with Gasteiger partial charge in [-0.05, 0) is 30.0 Å². The molecule has 0 aliphatic carbocycles. The average molecular weight is 431 g/mol. The predicted molar refractivity (Wildman–Crippen MR) is 114 cm³/mol. The molecule has 0 aliphatic rings. The van der Waals surface area contributed by atoms with Crippen LogP contribution >= 0.6 is 11.3 Å². The molecular weight excluding hydrogens is 409 g/mol. The van der Waals surface area contributed by atoms with Crippen molar-refractivity contribution < 1.29 is 18.7 Å². The molecule has 0 bridgehead atoms. The number of amides is 2. The van der Waals surface area contributed by atoms with Crippen LogP contribution in [0.3, 0.4) is 0 Å². The molecule has 3 aromatic rings. The average Bonchev–Trinajstić information content (AvgIpc) is 3.07. The zero-order valence-corrected chi connectivity index (χ0v) is 17.6. The number of hydrogen-bond acceptors (Lipinski definition) is 7. The lowest BCUT2D eigenvalue weighted by atomic mass is 10.2. The fourth-order valence-electron chi connectivity index (χ4n) is 2.79. The third kappa shape index (κ3) is 5.41. The lowest BCUT2D eigenvalue weighted by Crippen LogP contribution is -2.42. The van der Waals surface area contributed by atoms with E-state index in [1.807, 2.05) is 12.3 Å². The third-order valence-electron chi connectivity index (χ3n) is 4.20. The number of carbonyl (C=O) groups is 2. The number of aromatic nitrogens is 2. The monoisotopic (exact) mass is 431 g/mol. The fraction of sp³-hybridized carbons (Fsp3) is 0.300. The van der Waals surface area contributed by atoms with Gasteiger partial charge in [-0.1, -0.05) is 0 Å². The molecule has 2 aromatic heterocycles.